The molecule has 1 rings (SSSR count). The lowest BCUT2D eigenvalue weighted by Crippen LogP contribution is -2.01. The lowest BCUT2D eigenvalue weighted by molar-refractivity contribution is -0.389. The predicted molar refractivity (Wildman–Crippen MR) is 59.0 cm³/mol. The van der Waals surface area contributed by atoms with Gasteiger partial charge in [0.1, 0.15) is 6.42 Å². The van der Waals surface area contributed by atoms with Crippen LogP contribution in [0.1, 0.15) is 18.9 Å². The predicted octanol–water partition coefficient (Wildman–Crippen LogP) is 1.29. The third kappa shape index (κ3) is 4.30. The van der Waals surface area contributed by atoms with Gasteiger partial charge in [-0.15, -0.1) is 0 Å². The first-order chi connectivity index (χ1) is 8.13. The highest BCUT2D eigenvalue weighted by Gasteiger charge is 2.04. The molecule has 0 unspecified atom stereocenters. The van der Waals surface area contributed by atoms with Gasteiger partial charge in [-0.2, -0.15) is 0 Å². The first-order valence-electron chi connectivity index (χ1n) is 4.88. The zero-order valence-electron chi connectivity index (χ0n) is 9.17. The van der Waals surface area contributed by atoms with Crippen LogP contribution in [0.15, 0.2) is 18.3 Å². The Hall–Kier alpha value is -2.42. The summed E-state index contributed by atoms with van der Waals surface area (Å²) in [5.41, 5.74) is 0.514. The number of esters is 1. The van der Waals surface area contributed by atoms with Gasteiger partial charge in [0.15, 0.2) is 6.20 Å². The summed E-state index contributed by atoms with van der Waals surface area (Å²) in [6.07, 6.45) is 1.28. The summed E-state index contributed by atoms with van der Waals surface area (Å²) in [4.78, 5) is 24.3. The average Bonchev–Trinajstić information content (AvgIpc) is 2.30. The molecule has 0 aromatic carbocycles. The summed E-state index contributed by atoms with van der Waals surface area (Å²) in [7, 11) is 0. The second kappa shape index (κ2) is 6.23. The van der Waals surface area contributed by atoms with Crippen LogP contribution in [-0.2, 0) is 9.53 Å². The number of pyridine rings is 1. The smallest absolute Gasteiger partial charge is 0.363 e. The van der Waals surface area contributed by atoms with Crippen LogP contribution in [-0.4, -0.2) is 22.5 Å². The number of rotatable bonds is 3. The van der Waals surface area contributed by atoms with Crippen LogP contribution in [0.3, 0.4) is 0 Å². The molecule has 6 nitrogen and oxygen atoms in total. The fourth-order valence-electron chi connectivity index (χ4n) is 0.998. The summed E-state index contributed by atoms with van der Waals surface area (Å²) < 4.78 is 4.68. The lowest BCUT2D eigenvalue weighted by atomic mass is 10.3. The van der Waals surface area contributed by atoms with Gasteiger partial charge >= 0.3 is 11.8 Å². The number of hydrogen-bond acceptors (Lipinski definition) is 5. The number of hydrogen-bond donors (Lipinski definition) is 0. The van der Waals surface area contributed by atoms with Crippen molar-refractivity contribution in [1.82, 2.24) is 4.98 Å². The van der Waals surface area contributed by atoms with Gasteiger partial charge in [-0.25, -0.2) is 0 Å². The van der Waals surface area contributed by atoms with E-state index in [9.17, 15) is 14.9 Å². The van der Waals surface area contributed by atoms with E-state index in [1.807, 2.05) is 0 Å². The van der Waals surface area contributed by atoms with Crippen molar-refractivity contribution in [2.75, 3.05) is 6.61 Å². The summed E-state index contributed by atoms with van der Waals surface area (Å²) in [6, 6.07) is 2.73. The molecule has 0 aliphatic rings. The van der Waals surface area contributed by atoms with E-state index in [2.05, 4.69) is 21.6 Å². The first-order valence-corrected chi connectivity index (χ1v) is 4.88. The topological polar surface area (TPSA) is 82.3 Å². The largest absolute Gasteiger partial charge is 0.465 e. The van der Waals surface area contributed by atoms with Crippen LogP contribution in [0.2, 0.25) is 0 Å². The van der Waals surface area contributed by atoms with Crippen LogP contribution >= 0.6 is 0 Å². The van der Waals surface area contributed by atoms with Crippen molar-refractivity contribution in [1.29, 1.82) is 0 Å². The number of nitro groups is 1. The second-order valence-electron chi connectivity index (χ2n) is 2.95. The van der Waals surface area contributed by atoms with E-state index in [4.69, 9.17) is 0 Å². The molecule has 0 radical (unpaired) electrons. The summed E-state index contributed by atoms with van der Waals surface area (Å²) >= 11 is 0. The Labute approximate surface area is 97.8 Å². The summed E-state index contributed by atoms with van der Waals surface area (Å²) in [5.74, 6) is 4.64. The molecular weight excluding hydrogens is 224 g/mol. The fraction of sp³-hybridized carbons (Fsp3) is 0.273. The Morgan fingerprint density at radius 2 is 2.35 bits per heavy atom. The van der Waals surface area contributed by atoms with Crippen molar-refractivity contribution in [3.8, 4) is 11.8 Å². The molecule has 0 spiro atoms. The molecule has 1 heterocycles. The van der Waals surface area contributed by atoms with Crippen molar-refractivity contribution in [3.63, 3.8) is 0 Å². The van der Waals surface area contributed by atoms with Gasteiger partial charge in [-0.3, -0.25) is 4.79 Å². The third-order valence-electron chi connectivity index (χ3n) is 1.71. The highest BCUT2D eigenvalue weighted by atomic mass is 16.6. The van der Waals surface area contributed by atoms with Crippen molar-refractivity contribution >= 4 is 11.8 Å². The zero-order chi connectivity index (χ0) is 12.7. The van der Waals surface area contributed by atoms with E-state index < -0.39 is 10.9 Å². The van der Waals surface area contributed by atoms with Crippen molar-refractivity contribution < 1.29 is 14.5 Å². The standard InChI is InChI=1S/C11H10N2O4/c1-2-17-11(14)5-3-4-9-6-7-10(12-8-9)13(15)16/h6-8H,2,5H2,1H3. The molecule has 1 aromatic heterocycles. The molecule has 0 bridgehead atoms. The Morgan fingerprint density at radius 1 is 1.59 bits per heavy atom. The average molecular weight is 234 g/mol. The summed E-state index contributed by atoms with van der Waals surface area (Å²) in [6.45, 7) is 2.03. The molecule has 0 N–H and O–H groups in total. The fourth-order valence-corrected chi connectivity index (χ4v) is 0.998. The number of nitrogens with zero attached hydrogens (tertiary/aromatic N) is 2. The van der Waals surface area contributed by atoms with Crippen LogP contribution in [0, 0.1) is 22.0 Å². The number of ether oxygens (including phenoxy) is 1. The van der Waals surface area contributed by atoms with E-state index in [-0.39, 0.29) is 12.2 Å². The normalized spacial score (nSPS) is 9.00. The van der Waals surface area contributed by atoms with Crippen LogP contribution in [0.25, 0.3) is 0 Å². The molecule has 0 fully saturated rings. The number of carbonyl (C=O) groups excluding carboxylic acids is 1. The molecule has 0 amide bonds. The van der Waals surface area contributed by atoms with Gasteiger partial charge < -0.3 is 14.9 Å². The minimum atomic E-state index is -0.587. The van der Waals surface area contributed by atoms with E-state index in [0.717, 1.165) is 0 Å². The minimum absolute atomic E-state index is 0.00910. The Balaban J connectivity index is 2.60. The Bertz CT molecular complexity index is 470. The van der Waals surface area contributed by atoms with Gasteiger partial charge in [0.2, 0.25) is 0 Å². The number of aromatic nitrogens is 1. The Morgan fingerprint density at radius 3 is 2.88 bits per heavy atom. The maximum absolute atomic E-state index is 10.9. The quantitative estimate of drug-likeness (QED) is 0.340. The first kappa shape index (κ1) is 12.6. The molecule has 88 valence electrons. The van der Waals surface area contributed by atoms with Gasteiger partial charge in [0.25, 0.3) is 0 Å². The number of carbonyl (C=O) groups is 1. The SMILES string of the molecule is CCOC(=O)CC#Cc1ccc([N+](=O)[O-])nc1. The molecule has 17 heavy (non-hydrogen) atoms. The second-order valence-corrected chi connectivity index (χ2v) is 2.95. The van der Waals surface area contributed by atoms with E-state index >= 15 is 0 Å². The van der Waals surface area contributed by atoms with Crippen molar-refractivity contribution in [2.45, 2.75) is 13.3 Å². The van der Waals surface area contributed by atoms with Gasteiger partial charge in [-0.05, 0) is 22.9 Å². The van der Waals surface area contributed by atoms with Gasteiger partial charge in [-0.1, -0.05) is 11.8 Å². The molecule has 0 aliphatic carbocycles. The highest BCUT2D eigenvalue weighted by molar-refractivity contribution is 5.72. The van der Waals surface area contributed by atoms with E-state index in [1.165, 1.54) is 18.3 Å². The van der Waals surface area contributed by atoms with E-state index in [0.29, 0.717) is 12.2 Å². The third-order valence-corrected chi connectivity index (χ3v) is 1.71. The maximum atomic E-state index is 10.9. The minimum Gasteiger partial charge on any atom is -0.465 e. The molecular formula is C11H10N2O4. The molecule has 0 saturated carbocycles. The van der Waals surface area contributed by atoms with Gasteiger partial charge in [0.05, 0.1) is 12.2 Å². The van der Waals surface area contributed by atoms with Crippen LogP contribution in [0.5, 0.6) is 0 Å². The Kier molecular flexibility index (Phi) is 4.63. The molecule has 0 saturated heterocycles. The highest BCUT2D eigenvalue weighted by Crippen LogP contribution is 2.06. The molecule has 6 heteroatoms. The molecule has 1 aromatic rings. The molecule has 0 aliphatic heterocycles. The maximum Gasteiger partial charge on any atom is 0.363 e. The van der Waals surface area contributed by atoms with Crippen molar-refractivity contribution in [3.05, 3.63) is 34.0 Å². The van der Waals surface area contributed by atoms with E-state index in [1.54, 1.807) is 6.92 Å². The lowest BCUT2D eigenvalue weighted by Gasteiger charge is -1.94. The van der Waals surface area contributed by atoms with Gasteiger partial charge in [0, 0.05) is 6.07 Å². The van der Waals surface area contributed by atoms with Crippen LogP contribution < -0.4 is 0 Å². The zero-order valence-corrected chi connectivity index (χ0v) is 9.17. The van der Waals surface area contributed by atoms with Crippen LogP contribution in [0.4, 0.5) is 5.82 Å². The summed E-state index contributed by atoms with van der Waals surface area (Å²) in [5, 5.41) is 10.3. The monoisotopic (exact) mass is 234 g/mol. The van der Waals surface area contributed by atoms with Crippen molar-refractivity contribution in [2.24, 2.45) is 0 Å². The molecule has 0 atom stereocenters.